The fraction of sp³-hybridized carbons (Fsp3) is 0.650. The van der Waals surface area contributed by atoms with Gasteiger partial charge in [-0.25, -0.2) is 0 Å². The number of ether oxygens (including phenoxy) is 2. The standard InChI is InChI=1S/C40H56N4O5/c1-7-8-9-10-11-12-13-14-15-16-23(2)40(47)42-21-32-34-28(36(45)26(5)38-39(34)49-22-48-38)19-30-35-33-27(17-24(3)25(4)37(33)46)18-29(43(35)6)31(20-41)44(30)32/h17,23,29-32,35,45-46H,7-16,18-19,21-22H2,1-6H3,(H,42,47)/t23?,29-,30?,31-,32-,35-/m0/s1. The number of nitrogens with zero attached hydrogens (tertiary/aromatic N) is 3. The number of fused-ring (bicyclic) bond motifs is 9. The molecule has 0 aromatic heterocycles. The van der Waals surface area contributed by atoms with E-state index in [1.165, 1.54) is 44.9 Å². The lowest BCUT2D eigenvalue weighted by molar-refractivity contribution is -0.125. The molecule has 2 unspecified atom stereocenters. The van der Waals surface area contributed by atoms with E-state index in [0.717, 1.165) is 52.6 Å². The number of hydrogen-bond donors (Lipinski definition) is 3. The van der Waals surface area contributed by atoms with Gasteiger partial charge < -0.3 is 25.0 Å². The van der Waals surface area contributed by atoms with Crippen molar-refractivity contribution in [3.63, 3.8) is 0 Å². The number of benzene rings is 2. The van der Waals surface area contributed by atoms with Gasteiger partial charge in [0.15, 0.2) is 11.5 Å². The fourth-order valence-electron chi connectivity index (χ4n) is 9.17. The fourth-order valence-corrected chi connectivity index (χ4v) is 9.17. The zero-order chi connectivity index (χ0) is 35.0. The third-order valence-electron chi connectivity index (χ3n) is 12.1. The molecule has 1 fully saturated rings. The first-order valence-corrected chi connectivity index (χ1v) is 18.7. The van der Waals surface area contributed by atoms with Crippen molar-refractivity contribution in [3.05, 3.63) is 45.0 Å². The Morgan fingerprint density at radius 1 is 0.959 bits per heavy atom. The van der Waals surface area contributed by atoms with Crippen LogP contribution >= 0.6 is 0 Å². The number of phenolic OH excluding ortho intramolecular Hbond substituents is 2. The van der Waals surface area contributed by atoms with Gasteiger partial charge in [0.2, 0.25) is 12.7 Å². The number of aryl methyl sites for hydroxylation is 1. The molecule has 6 atom stereocenters. The van der Waals surface area contributed by atoms with Crippen LogP contribution in [0.4, 0.5) is 0 Å². The number of phenols is 2. The third kappa shape index (κ3) is 6.36. The first-order valence-electron chi connectivity index (χ1n) is 18.7. The van der Waals surface area contributed by atoms with Crippen LogP contribution in [0.2, 0.25) is 0 Å². The quantitative estimate of drug-likeness (QED) is 0.191. The summed E-state index contributed by atoms with van der Waals surface area (Å²) in [5.41, 5.74) is 6.09. The molecule has 3 N–H and O–H groups in total. The molecule has 4 heterocycles. The molecule has 9 heteroatoms. The van der Waals surface area contributed by atoms with Crippen molar-refractivity contribution in [2.75, 3.05) is 20.4 Å². The highest BCUT2D eigenvalue weighted by molar-refractivity contribution is 5.78. The SMILES string of the molecule is CCCCCCCCCCCC(C)C(=O)NC[C@H]1c2c(c(O)c(C)c3c2OCO3)CC2[C@H]3c4c(cc(C)c(C)c4O)C[C@@H]([C@H](C#N)N21)N3C. The molecular weight excluding hydrogens is 616 g/mol. The Bertz CT molecular complexity index is 1600. The number of nitriles is 1. The topological polar surface area (TPSA) is 118 Å². The van der Waals surface area contributed by atoms with Gasteiger partial charge in [-0.05, 0) is 63.8 Å². The normalized spacial score (nSPS) is 24.5. The second-order valence-electron chi connectivity index (χ2n) is 15.1. The molecule has 0 radical (unpaired) electrons. The van der Waals surface area contributed by atoms with Crippen molar-refractivity contribution in [1.82, 2.24) is 15.1 Å². The van der Waals surface area contributed by atoms with Crippen molar-refractivity contribution >= 4 is 5.91 Å². The number of likely N-dealkylation sites (N-methyl/N-ethyl adjacent to an activating group) is 1. The number of carbonyl (C=O) groups excluding carboxylic acids is 1. The van der Waals surface area contributed by atoms with Gasteiger partial charge in [0, 0.05) is 46.8 Å². The summed E-state index contributed by atoms with van der Waals surface area (Å²) in [6, 6.07) is 3.35. The summed E-state index contributed by atoms with van der Waals surface area (Å²) in [6.07, 6.45) is 13.2. The molecular formula is C40H56N4O5. The second kappa shape index (κ2) is 14.8. The summed E-state index contributed by atoms with van der Waals surface area (Å²) in [6.45, 7) is 10.4. The molecule has 1 saturated heterocycles. The summed E-state index contributed by atoms with van der Waals surface area (Å²) in [7, 11) is 2.06. The molecule has 4 aliphatic heterocycles. The Morgan fingerprint density at radius 3 is 2.33 bits per heavy atom. The van der Waals surface area contributed by atoms with Crippen LogP contribution in [-0.2, 0) is 17.6 Å². The highest BCUT2D eigenvalue weighted by Crippen LogP contribution is 2.57. The minimum absolute atomic E-state index is 0.00491. The number of nitrogens with one attached hydrogen (secondary N) is 1. The van der Waals surface area contributed by atoms with Gasteiger partial charge in [0.05, 0.1) is 18.2 Å². The number of unbranched alkanes of at least 4 members (excludes halogenated alkanes) is 8. The van der Waals surface area contributed by atoms with E-state index in [4.69, 9.17) is 9.47 Å². The molecule has 0 aliphatic carbocycles. The molecule has 4 aliphatic rings. The molecule has 2 aromatic rings. The van der Waals surface area contributed by atoms with E-state index < -0.39 is 12.1 Å². The summed E-state index contributed by atoms with van der Waals surface area (Å²) < 4.78 is 11.9. The van der Waals surface area contributed by atoms with E-state index >= 15 is 0 Å². The largest absolute Gasteiger partial charge is 0.507 e. The minimum atomic E-state index is -0.487. The average molecular weight is 673 g/mol. The molecule has 9 nitrogen and oxygen atoms in total. The Kier molecular flexibility index (Phi) is 10.7. The molecule has 1 amide bonds. The van der Waals surface area contributed by atoms with Crippen molar-refractivity contribution in [2.24, 2.45) is 5.92 Å². The van der Waals surface area contributed by atoms with Gasteiger partial charge >= 0.3 is 0 Å². The van der Waals surface area contributed by atoms with Gasteiger partial charge in [-0.1, -0.05) is 77.7 Å². The number of amides is 1. The minimum Gasteiger partial charge on any atom is -0.507 e. The van der Waals surface area contributed by atoms with Crippen LogP contribution in [0.3, 0.4) is 0 Å². The molecule has 0 saturated carbocycles. The van der Waals surface area contributed by atoms with Crippen molar-refractivity contribution < 1.29 is 24.5 Å². The van der Waals surface area contributed by atoms with Crippen LogP contribution in [0, 0.1) is 38.0 Å². The summed E-state index contributed by atoms with van der Waals surface area (Å²) in [5, 5.41) is 37.4. The Hall–Kier alpha value is -3.48. The third-order valence-corrected chi connectivity index (χ3v) is 12.1. The Labute approximate surface area is 292 Å². The zero-order valence-corrected chi connectivity index (χ0v) is 30.4. The number of aromatic hydroxyl groups is 2. The lowest BCUT2D eigenvalue weighted by atomic mass is 9.71. The van der Waals surface area contributed by atoms with E-state index in [-0.39, 0.29) is 49.0 Å². The van der Waals surface area contributed by atoms with E-state index in [9.17, 15) is 20.3 Å². The highest BCUT2D eigenvalue weighted by atomic mass is 16.7. The maximum absolute atomic E-state index is 13.6. The molecule has 6 rings (SSSR count). The predicted molar refractivity (Wildman–Crippen MR) is 190 cm³/mol. The van der Waals surface area contributed by atoms with E-state index in [2.05, 4.69) is 41.2 Å². The number of piperazine rings is 1. The van der Waals surface area contributed by atoms with Crippen LogP contribution in [0.1, 0.15) is 129 Å². The predicted octanol–water partition coefficient (Wildman–Crippen LogP) is 7.20. The summed E-state index contributed by atoms with van der Waals surface area (Å²) in [4.78, 5) is 18.1. The number of carbonyl (C=O) groups is 1. The molecule has 49 heavy (non-hydrogen) atoms. The molecule has 0 spiro atoms. The summed E-state index contributed by atoms with van der Waals surface area (Å²) >= 11 is 0. The van der Waals surface area contributed by atoms with Crippen molar-refractivity contribution in [1.29, 1.82) is 5.26 Å². The van der Waals surface area contributed by atoms with E-state index in [1.54, 1.807) is 0 Å². The highest BCUT2D eigenvalue weighted by Gasteiger charge is 2.56. The van der Waals surface area contributed by atoms with Crippen molar-refractivity contribution in [3.8, 4) is 29.1 Å². The zero-order valence-electron chi connectivity index (χ0n) is 30.4. The first-order chi connectivity index (χ1) is 23.6. The second-order valence-corrected chi connectivity index (χ2v) is 15.1. The first kappa shape index (κ1) is 35.3. The van der Waals surface area contributed by atoms with Crippen molar-refractivity contribution in [2.45, 2.75) is 142 Å². The monoisotopic (exact) mass is 672 g/mol. The van der Waals surface area contributed by atoms with Crippen LogP contribution < -0.4 is 14.8 Å². The van der Waals surface area contributed by atoms with Gasteiger partial charge in [-0.2, -0.15) is 5.26 Å². The van der Waals surface area contributed by atoms with Gasteiger partial charge in [-0.15, -0.1) is 0 Å². The molecule has 2 bridgehead atoms. The molecule has 266 valence electrons. The summed E-state index contributed by atoms with van der Waals surface area (Å²) in [5.74, 6) is 1.49. The van der Waals surface area contributed by atoms with Crippen LogP contribution in [0.25, 0.3) is 0 Å². The maximum Gasteiger partial charge on any atom is 0.231 e. The smallest absolute Gasteiger partial charge is 0.231 e. The Morgan fingerprint density at radius 2 is 1.63 bits per heavy atom. The van der Waals surface area contributed by atoms with Crippen LogP contribution in [-0.4, -0.2) is 64.4 Å². The van der Waals surface area contributed by atoms with Crippen LogP contribution in [0.5, 0.6) is 23.0 Å². The van der Waals surface area contributed by atoms with Gasteiger partial charge in [0.25, 0.3) is 0 Å². The lowest BCUT2D eigenvalue weighted by Crippen LogP contribution is -2.68. The Balaban J connectivity index is 1.27. The van der Waals surface area contributed by atoms with E-state index in [0.29, 0.717) is 35.7 Å². The van der Waals surface area contributed by atoms with Gasteiger partial charge in [-0.3, -0.25) is 14.6 Å². The lowest BCUT2D eigenvalue weighted by Gasteiger charge is -2.60. The number of hydrogen-bond acceptors (Lipinski definition) is 8. The van der Waals surface area contributed by atoms with Gasteiger partial charge in [0.1, 0.15) is 17.5 Å². The maximum atomic E-state index is 13.6. The average Bonchev–Trinajstić information content (AvgIpc) is 3.58. The number of rotatable bonds is 13. The van der Waals surface area contributed by atoms with E-state index in [1.807, 2.05) is 27.7 Å². The van der Waals surface area contributed by atoms with Crippen LogP contribution in [0.15, 0.2) is 6.07 Å². The molecule has 2 aromatic carbocycles.